The molecule has 0 aliphatic carbocycles. The lowest BCUT2D eigenvalue weighted by Crippen LogP contribution is -2.38. The number of aliphatic hydroxyl groups is 1. The summed E-state index contributed by atoms with van der Waals surface area (Å²) in [6, 6.07) is 7.45. The average Bonchev–Trinajstić information content (AvgIpc) is 2.41. The van der Waals surface area contributed by atoms with Crippen LogP contribution in [0, 0.1) is 5.41 Å². The minimum absolute atomic E-state index is 0.235. The summed E-state index contributed by atoms with van der Waals surface area (Å²) in [6.07, 6.45) is 2.55. The Hall–Kier alpha value is -1.81. The summed E-state index contributed by atoms with van der Waals surface area (Å²) >= 11 is 0. The summed E-state index contributed by atoms with van der Waals surface area (Å²) in [5.74, 6) is 0.477. The number of methoxy groups -OCH3 is 1. The number of nitrogens with one attached hydrogen (secondary N) is 1. The van der Waals surface area contributed by atoms with Crippen LogP contribution in [0.3, 0.4) is 0 Å². The SMILES string of the molecule is COc1ccccc1/C=C/C(=O)NCC(O)C(C)(C)C. The lowest BCUT2D eigenvalue weighted by molar-refractivity contribution is -0.117. The fourth-order valence-corrected chi connectivity index (χ4v) is 1.53. The molecule has 0 aromatic heterocycles. The molecule has 1 unspecified atom stereocenters. The van der Waals surface area contributed by atoms with E-state index >= 15 is 0 Å². The number of benzene rings is 1. The highest BCUT2D eigenvalue weighted by atomic mass is 16.5. The van der Waals surface area contributed by atoms with Gasteiger partial charge in [-0.2, -0.15) is 0 Å². The molecule has 110 valence electrons. The number of hydrogen-bond acceptors (Lipinski definition) is 3. The van der Waals surface area contributed by atoms with Crippen molar-refractivity contribution in [1.82, 2.24) is 5.32 Å². The van der Waals surface area contributed by atoms with Gasteiger partial charge < -0.3 is 15.2 Å². The number of para-hydroxylation sites is 1. The highest BCUT2D eigenvalue weighted by Crippen LogP contribution is 2.19. The molecule has 0 radical (unpaired) electrons. The molecule has 2 N–H and O–H groups in total. The zero-order chi connectivity index (χ0) is 15.2. The first-order valence-corrected chi connectivity index (χ1v) is 6.61. The minimum Gasteiger partial charge on any atom is -0.496 e. The van der Waals surface area contributed by atoms with Crippen LogP contribution >= 0.6 is 0 Å². The molecule has 0 aliphatic rings. The number of rotatable bonds is 5. The Kier molecular flexibility index (Phi) is 5.77. The summed E-state index contributed by atoms with van der Waals surface area (Å²) in [6.45, 7) is 6.01. The number of hydrogen-bond donors (Lipinski definition) is 2. The summed E-state index contributed by atoms with van der Waals surface area (Å²) in [7, 11) is 1.59. The Morgan fingerprint density at radius 2 is 2.05 bits per heavy atom. The van der Waals surface area contributed by atoms with Gasteiger partial charge in [0.15, 0.2) is 0 Å². The predicted molar refractivity (Wildman–Crippen MR) is 80.5 cm³/mol. The summed E-state index contributed by atoms with van der Waals surface area (Å²) in [5, 5.41) is 12.5. The zero-order valence-electron chi connectivity index (χ0n) is 12.5. The number of carbonyl (C=O) groups excluding carboxylic acids is 1. The largest absolute Gasteiger partial charge is 0.496 e. The van der Waals surface area contributed by atoms with Gasteiger partial charge in [0.2, 0.25) is 5.91 Å². The van der Waals surface area contributed by atoms with Gasteiger partial charge in [-0.05, 0) is 17.6 Å². The Labute approximate surface area is 120 Å². The van der Waals surface area contributed by atoms with Gasteiger partial charge in [-0.3, -0.25) is 4.79 Å². The Morgan fingerprint density at radius 3 is 2.65 bits per heavy atom. The molecule has 1 aromatic carbocycles. The molecule has 0 fully saturated rings. The van der Waals surface area contributed by atoms with Crippen molar-refractivity contribution in [2.75, 3.05) is 13.7 Å². The molecule has 0 saturated carbocycles. The summed E-state index contributed by atoms with van der Waals surface area (Å²) < 4.78 is 5.20. The Morgan fingerprint density at radius 1 is 1.40 bits per heavy atom. The quantitative estimate of drug-likeness (QED) is 0.811. The number of amides is 1. The van der Waals surface area contributed by atoms with Crippen molar-refractivity contribution in [3.8, 4) is 5.75 Å². The van der Waals surface area contributed by atoms with Crippen LogP contribution in [-0.4, -0.2) is 30.8 Å². The van der Waals surface area contributed by atoms with Crippen LogP contribution in [-0.2, 0) is 4.79 Å². The molecule has 0 heterocycles. The van der Waals surface area contributed by atoms with E-state index in [2.05, 4.69) is 5.32 Å². The standard InChI is InChI=1S/C16H23NO3/c1-16(2,3)14(18)11-17-15(19)10-9-12-7-5-6-8-13(12)20-4/h5-10,14,18H,11H2,1-4H3,(H,17,19)/b10-9+. The molecular formula is C16H23NO3. The third kappa shape index (κ3) is 5.05. The van der Waals surface area contributed by atoms with Gasteiger partial charge in [-0.1, -0.05) is 39.0 Å². The number of carbonyl (C=O) groups is 1. The monoisotopic (exact) mass is 277 g/mol. The van der Waals surface area contributed by atoms with E-state index in [4.69, 9.17) is 4.74 Å². The van der Waals surface area contributed by atoms with Crippen molar-refractivity contribution in [2.24, 2.45) is 5.41 Å². The minimum atomic E-state index is -0.578. The molecule has 20 heavy (non-hydrogen) atoms. The maximum absolute atomic E-state index is 11.7. The molecule has 1 amide bonds. The van der Waals surface area contributed by atoms with Crippen LogP contribution in [0.25, 0.3) is 6.08 Å². The van der Waals surface area contributed by atoms with E-state index in [1.807, 2.05) is 45.0 Å². The van der Waals surface area contributed by atoms with Gasteiger partial charge in [0.25, 0.3) is 0 Å². The van der Waals surface area contributed by atoms with E-state index in [0.717, 1.165) is 5.56 Å². The van der Waals surface area contributed by atoms with Gasteiger partial charge >= 0.3 is 0 Å². The van der Waals surface area contributed by atoms with Gasteiger partial charge in [-0.25, -0.2) is 0 Å². The first-order chi connectivity index (χ1) is 9.34. The second-order valence-corrected chi connectivity index (χ2v) is 5.70. The molecule has 0 bridgehead atoms. The zero-order valence-corrected chi connectivity index (χ0v) is 12.5. The van der Waals surface area contributed by atoms with Crippen LogP contribution < -0.4 is 10.1 Å². The van der Waals surface area contributed by atoms with E-state index in [-0.39, 0.29) is 17.9 Å². The third-order valence-corrected chi connectivity index (χ3v) is 3.02. The van der Waals surface area contributed by atoms with E-state index < -0.39 is 6.10 Å². The summed E-state index contributed by atoms with van der Waals surface area (Å²) in [4.78, 5) is 11.7. The topological polar surface area (TPSA) is 58.6 Å². The maximum Gasteiger partial charge on any atom is 0.244 e. The van der Waals surface area contributed by atoms with Gasteiger partial charge in [0.1, 0.15) is 5.75 Å². The van der Waals surface area contributed by atoms with Gasteiger partial charge in [0, 0.05) is 18.2 Å². The molecule has 1 aromatic rings. The van der Waals surface area contributed by atoms with E-state index in [1.165, 1.54) is 6.08 Å². The Balaban J connectivity index is 2.56. The number of aliphatic hydroxyl groups excluding tert-OH is 1. The fourth-order valence-electron chi connectivity index (χ4n) is 1.53. The summed E-state index contributed by atoms with van der Waals surface area (Å²) in [5.41, 5.74) is 0.584. The van der Waals surface area contributed by atoms with Gasteiger partial charge in [0.05, 0.1) is 13.2 Å². The highest BCUT2D eigenvalue weighted by molar-refractivity contribution is 5.92. The van der Waals surface area contributed by atoms with Crippen molar-refractivity contribution in [1.29, 1.82) is 0 Å². The normalized spacial score (nSPS) is 13.2. The fraction of sp³-hybridized carbons (Fsp3) is 0.438. The van der Waals surface area contributed by atoms with Crippen LogP contribution in [0.15, 0.2) is 30.3 Å². The second-order valence-electron chi connectivity index (χ2n) is 5.70. The maximum atomic E-state index is 11.7. The molecule has 1 rings (SSSR count). The number of ether oxygens (including phenoxy) is 1. The van der Waals surface area contributed by atoms with Crippen molar-refractivity contribution in [2.45, 2.75) is 26.9 Å². The predicted octanol–water partition coefficient (Wildman–Crippen LogP) is 2.23. The molecule has 0 aliphatic heterocycles. The lowest BCUT2D eigenvalue weighted by Gasteiger charge is -2.25. The van der Waals surface area contributed by atoms with Crippen LogP contribution in [0.4, 0.5) is 0 Å². The van der Waals surface area contributed by atoms with Crippen molar-refractivity contribution >= 4 is 12.0 Å². The molecule has 4 heteroatoms. The highest BCUT2D eigenvalue weighted by Gasteiger charge is 2.21. The van der Waals surface area contributed by atoms with Gasteiger partial charge in [-0.15, -0.1) is 0 Å². The lowest BCUT2D eigenvalue weighted by atomic mass is 9.89. The van der Waals surface area contributed by atoms with Crippen molar-refractivity contribution in [3.63, 3.8) is 0 Å². The molecule has 4 nitrogen and oxygen atoms in total. The van der Waals surface area contributed by atoms with Crippen molar-refractivity contribution < 1.29 is 14.6 Å². The Bertz CT molecular complexity index is 475. The molecule has 0 saturated heterocycles. The molecular weight excluding hydrogens is 254 g/mol. The van der Waals surface area contributed by atoms with Crippen LogP contribution in [0.2, 0.25) is 0 Å². The first kappa shape index (κ1) is 16.2. The smallest absolute Gasteiger partial charge is 0.244 e. The van der Waals surface area contributed by atoms with Crippen molar-refractivity contribution in [3.05, 3.63) is 35.9 Å². The second kappa shape index (κ2) is 7.10. The first-order valence-electron chi connectivity index (χ1n) is 6.61. The molecule has 1 atom stereocenters. The van der Waals surface area contributed by atoms with E-state index in [9.17, 15) is 9.90 Å². The average molecular weight is 277 g/mol. The third-order valence-electron chi connectivity index (χ3n) is 3.02. The van der Waals surface area contributed by atoms with Crippen LogP contribution in [0.1, 0.15) is 26.3 Å². The van der Waals surface area contributed by atoms with Crippen LogP contribution in [0.5, 0.6) is 5.75 Å². The van der Waals surface area contributed by atoms with E-state index in [0.29, 0.717) is 5.75 Å². The molecule has 0 spiro atoms. The van der Waals surface area contributed by atoms with E-state index in [1.54, 1.807) is 13.2 Å².